The standard InChI is InChI=1S/C24H19FN4O/c1-15-21(23(30)27-18-13-11-17(25)12-14-18)22(16-7-3-2-4-8-16)29-20-10-6-5-9-19(20)28-24(29)26-15/h2-14,22H,1H3,(H,26,28)(H,27,30). The number of carbonyl (C=O) groups is 1. The van der Waals surface area contributed by atoms with Gasteiger partial charge in [0.25, 0.3) is 5.91 Å². The Labute approximate surface area is 172 Å². The van der Waals surface area contributed by atoms with Crippen molar-refractivity contribution in [2.24, 2.45) is 0 Å². The first kappa shape index (κ1) is 18.1. The number of halogens is 1. The van der Waals surface area contributed by atoms with Crippen LogP contribution in [-0.4, -0.2) is 15.5 Å². The second-order valence-corrected chi connectivity index (χ2v) is 7.23. The van der Waals surface area contributed by atoms with Gasteiger partial charge in [-0.15, -0.1) is 0 Å². The summed E-state index contributed by atoms with van der Waals surface area (Å²) in [5, 5.41) is 6.19. The van der Waals surface area contributed by atoms with E-state index >= 15 is 0 Å². The summed E-state index contributed by atoms with van der Waals surface area (Å²) in [7, 11) is 0. The van der Waals surface area contributed by atoms with Crippen molar-refractivity contribution in [1.82, 2.24) is 9.55 Å². The van der Waals surface area contributed by atoms with E-state index in [1.165, 1.54) is 12.1 Å². The Kier molecular flexibility index (Phi) is 4.32. The molecule has 0 saturated heterocycles. The minimum atomic E-state index is -0.352. The summed E-state index contributed by atoms with van der Waals surface area (Å²) in [6.07, 6.45) is 0. The maximum Gasteiger partial charge on any atom is 0.255 e. The summed E-state index contributed by atoms with van der Waals surface area (Å²) in [6, 6.07) is 23.1. The minimum Gasteiger partial charge on any atom is -0.329 e. The highest BCUT2D eigenvalue weighted by Gasteiger charge is 2.33. The first-order valence-electron chi connectivity index (χ1n) is 9.68. The highest BCUT2D eigenvalue weighted by molar-refractivity contribution is 6.06. The summed E-state index contributed by atoms with van der Waals surface area (Å²) in [5.74, 6) is 0.101. The molecule has 0 saturated carbocycles. The summed E-state index contributed by atoms with van der Waals surface area (Å²) in [6.45, 7) is 1.87. The number of amides is 1. The van der Waals surface area contributed by atoms with Gasteiger partial charge in [-0.25, -0.2) is 9.37 Å². The third-order valence-corrected chi connectivity index (χ3v) is 5.29. The minimum absolute atomic E-state index is 0.246. The highest BCUT2D eigenvalue weighted by atomic mass is 19.1. The number of nitrogens with zero attached hydrogens (tertiary/aromatic N) is 2. The molecule has 1 aromatic heterocycles. The largest absolute Gasteiger partial charge is 0.329 e. The number of imidazole rings is 1. The first-order chi connectivity index (χ1) is 14.6. The van der Waals surface area contributed by atoms with Crippen molar-refractivity contribution in [1.29, 1.82) is 0 Å². The zero-order chi connectivity index (χ0) is 20.7. The average molecular weight is 398 g/mol. The second kappa shape index (κ2) is 7.15. The lowest BCUT2D eigenvalue weighted by Gasteiger charge is -2.30. The van der Waals surface area contributed by atoms with E-state index in [1.807, 2.05) is 61.5 Å². The van der Waals surface area contributed by atoms with Gasteiger partial charge in [0.05, 0.1) is 22.6 Å². The molecule has 0 spiro atoms. The van der Waals surface area contributed by atoms with E-state index in [1.54, 1.807) is 12.1 Å². The molecule has 0 aliphatic carbocycles. The van der Waals surface area contributed by atoms with Crippen LogP contribution < -0.4 is 10.6 Å². The molecule has 1 aliphatic heterocycles. The van der Waals surface area contributed by atoms with Gasteiger partial charge in [-0.3, -0.25) is 9.36 Å². The van der Waals surface area contributed by atoms with Crippen LogP contribution in [0.4, 0.5) is 16.0 Å². The molecule has 1 atom stereocenters. The normalized spacial score (nSPS) is 15.6. The molecule has 5 nitrogen and oxygen atoms in total. The number of allylic oxidation sites excluding steroid dienone is 1. The molecule has 2 N–H and O–H groups in total. The Morgan fingerprint density at radius 1 is 1.00 bits per heavy atom. The fourth-order valence-corrected chi connectivity index (χ4v) is 3.94. The Hall–Kier alpha value is -3.93. The van der Waals surface area contributed by atoms with Crippen molar-refractivity contribution in [2.45, 2.75) is 13.0 Å². The molecule has 0 bridgehead atoms. The van der Waals surface area contributed by atoms with Crippen LogP contribution in [0.2, 0.25) is 0 Å². The predicted molar refractivity (Wildman–Crippen MR) is 116 cm³/mol. The van der Waals surface area contributed by atoms with E-state index < -0.39 is 0 Å². The van der Waals surface area contributed by atoms with Crippen LogP contribution in [0.25, 0.3) is 11.0 Å². The molecule has 0 fully saturated rings. The Morgan fingerprint density at radius 2 is 1.70 bits per heavy atom. The molecule has 0 radical (unpaired) electrons. The number of rotatable bonds is 3. The fraction of sp³-hybridized carbons (Fsp3) is 0.0833. The van der Waals surface area contributed by atoms with Crippen LogP contribution in [0.1, 0.15) is 18.5 Å². The third kappa shape index (κ3) is 3.03. The maximum absolute atomic E-state index is 13.4. The molecule has 2 heterocycles. The van der Waals surface area contributed by atoms with Crippen molar-refractivity contribution in [3.05, 3.63) is 102 Å². The van der Waals surface area contributed by atoms with Crippen molar-refractivity contribution in [3.63, 3.8) is 0 Å². The topological polar surface area (TPSA) is 59.0 Å². The monoisotopic (exact) mass is 398 g/mol. The van der Waals surface area contributed by atoms with Gasteiger partial charge in [0, 0.05) is 11.4 Å². The third-order valence-electron chi connectivity index (χ3n) is 5.29. The van der Waals surface area contributed by atoms with E-state index in [0.717, 1.165) is 22.3 Å². The van der Waals surface area contributed by atoms with E-state index in [-0.39, 0.29) is 17.8 Å². The number of hydrogen-bond acceptors (Lipinski definition) is 3. The van der Waals surface area contributed by atoms with Gasteiger partial charge in [-0.05, 0) is 48.9 Å². The van der Waals surface area contributed by atoms with Crippen LogP contribution in [0.15, 0.2) is 90.1 Å². The summed E-state index contributed by atoms with van der Waals surface area (Å²) >= 11 is 0. The number of nitrogens with one attached hydrogen (secondary N) is 2. The van der Waals surface area contributed by atoms with Gasteiger partial charge in [-0.2, -0.15) is 0 Å². The number of benzene rings is 3. The van der Waals surface area contributed by atoms with Crippen LogP contribution >= 0.6 is 0 Å². The number of aromatic nitrogens is 2. The van der Waals surface area contributed by atoms with E-state index in [0.29, 0.717) is 17.2 Å². The number of para-hydroxylation sites is 2. The predicted octanol–water partition coefficient (Wildman–Crippen LogP) is 5.10. The molecule has 148 valence electrons. The Morgan fingerprint density at radius 3 is 2.47 bits per heavy atom. The van der Waals surface area contributed by atoms with Gasteiger partial charge >= 0.3 is 0 Å². The van der Waals surface area contributed by atoms with Gasteiger partial charge in [-0.1, -0.05) is 42.5 Å². The summed E-state index contributed by atoms with van der Waals surface area (Å²) < 4.78 is 15.3. The van der Waals surface area contributed by atoms with Crippen molar-refractivity contribution >= 4 is 28.6 Å². The van der Waals surface area contributed by atoms with Crippen LogP contribution in [0, 0.1) is 5.82 Å². The van der Waals surface area contributed by atoms with E-state index in [9.17, 15) is 9.18 Å². The van der Waals surface area contributed by atoms with Crippen LogP contribution in [0.3, 0.4) is 0 Å². The number of carbonyl (C=O) groups excluding carboxylic acids is 1. The van der Waals surface area contributed by atoms with Crippen molar-refractivity contribution < 1.29 is 9.18 Å². The highest BCUT2D eigenvalue weighted by Crippen LogP contribution is 2.39. The summed E-state index contributed by atoms with van der Waals surface area (Å²) in [5.41, 5.74) is 4.62. The quantitative estimate of drug-likeness (QED) is 0.505. The molecular formula is C24H19FN4O. The lowest BCUT2D eigenvalue weighted by molar-refractivity contribution is -0.113. The number of fused-ring (bicyclic) bond motifs is 3. The van der Waals surface area contributed by atoms with Gasteiger partial charge in [0.15, 0.2) is 0 Å². The Bertz CT molecular complexity index is 1280. The van der Waals surface area contributed by atoms with Crippen molar-refractivity contribution in [3.8, 4) is 0 Å². The number of anilines is 2. The molecule has 4 aromatic rings. The van der Waals surface area contributed by atoms with Gasteiger partial charge in [0.2, 0.25) is 5.95 Å². The molecule has 6 heteroatoms. The zero-order valence-electron chi connectivity index (χ0n) is 16.3. The first-order valence-corrected chi connectivity index (χ1v) is 9.68. The van der Waals surface area contributed by atoms with Crippen molar-refractivity contribution in [2.75, 3.05) is 10.6 Å². The van der Waals surface area contributed by atoms with Crippen LogP contribution in [0.5, 0.6) is 0 Å². The van der Waals surface area contributed by atoms with E-state index in [2.05, 4.69) is 15.2 Å². The maximum atomic E-state index is 13.4. The number of hydrogen-bond donors (Lipinski definition) is 2. The van der Waals surface area contributed by atoms with Crippen LogP contribution in [-0.2, 0) is 4.79 Å². The Balaban J connectivity index is 1.65. The second-order valence-electron chi connectivity index (χ2n) is 7.23. The lowest BCUT2D eigenvalue weighted by atomic mass is 9.94. The molecule has 30 heavy (non-hydrogen) atoms. The molecule has 1 aliphatic rings. The van der Waals surface area contributed by atoms with E-state index in [4.69, 9.17) is 4.98 Å². The lowest BCUT2D eigenvalue weighted by Crippen LogP contribution is -2.30. The fourth-order valence-electron chi connectivity index (χ4n) is 3.94. The molecule has 5 rings (SSSR count). The van der Waals surface area contributed by atoms with Gasteiger partial charge < -0.3 is 10.6 Å². The molecule has 1 amide bonds. The molecular weight excluding hydrogens is 379 g/mol. The summed E-state index contributed by atoms with van der Waals surface area (Å²) in [4.78, 5) is 18.1. The zero-order valence-corrected chi connectivity index (χ0v) is 16.3. The van der Waals surface area contributed by atoms with Gasteiger partial charge in [0.1, 0.15) is 5.82 Å². The smallest absolute Gasteiger partial charge is 0.255 e. The molecule has 1 unspecified atom stereocenters. The SMILES string of the molecule is CC1=C(C(=O)Nc2ccc(F)cc2)C(c2ccccc2)n2c(nc3ccccc32)N1. The average Bonchev–Trinajstić information content (AvgIpc) is 3.12. The molecule has 3 aromatic carbocycles.